The highest BCUT2D eigenvalue weighted by atomic mass is 16.5. The van der Waals surface area contributed by atoms with Crippen molar-refractivity contribution in [2.75, 3.05) is 63.0 Å². The van der Waals surface area contributed by atoms with Crippen LogP contribution >= 0.6 is 0 Å². The van der Waals surface area contributed by atoms with Crippen LogP contribution in [0.1, 0.15) is 5.56 Å². The summed E-state index contributed by atoms with van der Waals surface area (Å²) in [5, 5.41) is 6.64. The first kappa shape index (κ1) is 21.7. The molecule has 0 saturated carbocycles. The minimum Gasteiger partial charge on any atom is -0.493 e. The van der Waals surface area contributed by atoms with E-state index in [0.717, 1.165) is 48.9 Å². The lowest BCUT2D eigenvalue weighted by molar-refractivity contribution is 0.313. The van der Waals surface area contributed by atoms with Gasteiger partial charge in [-0.25, -0.2) is 4.98 Å². The predicted octanol–water partition coefficient (Wildman–Crippen LogP) is 4.04. The van der Waals surface area contributed by atoms with Gasteiger partial charge in [0.1, 0.15) is 5.82 Å². The number of aromatic nitrogens is 2. The molecule has 32 heavy (non-hydrogen) atoms. The molecule has 2 aromatic carbocycles. The topological polar surface area (TPSA) is 74.8 Å². The van der Waals surface area contributed by atoms with Crippen molar-refractivity contribution in [2.24, 2.45) is 0 Å². The lowest BCUT2D eigenvalue weighted by Crippen LogP contribution is -2.44. The average Bonchev–Trinajstić information content (AvgIpc) is 2.82. The Bertz CT molecular complexity index is 1050. The van der Waals surface area contributed by atoms with Gasteiger partial charge in [0.15, 0.2) is 11.5 Å². The minimum atomic E-state index is 0.533. The van der Waals surface area contributed by atoms with Crippen molar-refractivity contribution in [3.05, 3.63) is 54.2 Å². The van der Waals surface area contributed by atoms with Crippen molar-refractivity contribution in [3.63, 3.8) is 0 Å². The normalized spacial score (nSPS) is 14.2. The van der Waals surface area contributed by atoms with E-state index in [4.69, 9.17) is 9.47 Å². The molecule has 0 amide bonds. The van der Waals surface area contributed by atoms with E-state index in [9.17, 15) is 0 Å². The van der Waals surface area contributed by atoms with Crippen LogP contribution in [0.3, 0.4) is 0 Å². The van der Waals surface area contributed by atoms with Gasteiger partial charge in [-0.15, -0.1) is 0 Å². The minimum absolute atomic E-state index is 0.533. The highest BCUT2D eigenvalue weighted by molar-refractivity contribution is 5.65. The number of benzene rings is 2. The van der Waals surface area contributed by atoms with Gasteiger partial charge in [-0.1, -0.05) is 0 Å². The van der Waals surface area contributed by atoms with E-state index in [1.165, 1.54) is 5.69 Å². The SMILES string of the molecule is COc1ccc(Nc2nc(Nc3ccc(N4CCN(C)CC4)cc3)ncc2C)cc1OC. The lowest BCUT2D eigenvalue weighted by Gasteiger charge is -2.34. The molecule has 8 nitrogen and oxygen atoms in total. The van der Waals surface area contributed by atoms with Crippen molar-refractivity contribution in [1.29, 1.82) is 0 Å². The number of hydrogen-bond donors (Lipinski definition) is 2. The van der Waals surface area contributed by atoms with E-state index in [2.05, 4.69) is 61.7 Å². The molecule has 1 saturated heterocycles. The van der Waals surface area contributed by atoms with Crippen molar-refractivity contribution >= 4 is 28.8 Å². The van der Waals surface area contributed by atoms with Crippen LogP contribution in [-0.4, -0.2) is 62.3 Å². The number of nitrogens with zero attached hydrogens (tertiary/aromatic N) is 4. The summed E-state index contributed by atoms with van der Waals surface area (Å²) < 4.78 is 10.7. The molecular formula is C24H30N6O2. The monoisotopic (exact) mass is 434 g/mol. The molecule has 1 aliphatic rings. The number of methoxy groups -OCH3 is 2. The van der Waals surface area contributed by atoms with Gasteiger partial charge in [0.25, 0.3) is 0 Å². The van der Waals surface area contributed by atoms with Gasteiger partial charge in [-0.2, -0.15) is 4.98 Å². The Hall–Kier alpha value is -3.52. The first-order valence-corrected chi connectivity index (χ1v) is 10.7. The lowest BCUT2D eigenvalue weighted by atomic mass is 10.2. The van der Waals surface area contributed by atoms with E-state index >= 15 is 0 Å². The second-order valence-electron chi connectivity index (χ2n) is 7.88. The summed E-state index contributed by atoms with van der Waals surface area (Å²) in [6, 6.07) is 14.1. The molecule has 0 radical (unpaired) electrons. The summed E-state index contributed by atoms with van der Waals surface area (Å²) in [4.78, 5) is 13.9. The molecule has 2 heterocycles. The smallest absolute Gasteiger partial charge is 0.229 e. The quantitative estimate of drug-likeness (QED) is 0.577. The number of nitrogens with one attached hydrogen (secondary N) is 2. The number of anilines is 5. The summed E-state index contributed by atoms with van der Waals surface area (Å²) >= 11 is 0. The molecule has 168 valence electrons. The van der Waals surface area contributed by atoms with E-state index < -0.39 is 0 Å². The van der Waals surface area contributed by atoms with Gasteiger partial charge in [-0.3, -0.25) is 0 Å². The number of piperazine rings is 1. The van der Waals surface area contributed by atoms with Crippen LogP contribution in [0.4, 0.5) is 28.8 Å². The van der Waals surface area contributed by atoms with E-state index in [1.807, 2.05) is 25.1 Å². The second kappa shape index (κ2) is 9.74. The summed E-state index contributed by atoms with van der Waals surface area (Å²) in [7, 11) is 5.41. The number of ether oxygens (including phenoxy) is 2. The standard InChI is InChI=1S/C24H30N6O2/c1-17-16-25-24(28-23(17)26-19-7-10-21(31-3)22(15-19)32-4)27-18-5-8-20(9-6-18)30-13-11-29(2)12-14-30/h5-10,15-16H,11-14H2,1-4H3,(H2,25,26,27,28). The third-order valence-corrected chi connectivity index (χ3v) is 5.61. The van der Waals surface area contributed by atoms with Gasteiger partial charge in [0, 0.05) is 61.1 Å². The third-order valence-electron chi connectivity index (χ3n) is 5.61. The van der Waals surface area contributed by atoms with Crippen molar-refractivity contribution in [2.45, 2.75) is 6.92 Å². The molecule has 0 spiro atoms. The first-order chi connectivity index (χ1) is 15.6. The second-order valence-corrected chi connectivity index (χ2v) is 7.88. The average molecular weight is 435 g/mol. The fourth-order valence-electron chi connectivity index (χ4n) is 3.63. The molecule has 3 aromatic rings. The zero-order chi connectivity index (χ0) is 22.5. The molecule has 4 rings (SSSR count). The molecule has 0 bridgehead atoms. The van der Waals surface area contributed by atoms with Crippen LogP contribution in [0.25, 0.3) is 0 Å². The van der Waals surface area contributed by atoms with Crippen molar-refractivity contribution < 1.29 is 9.47 Å². The first-order valence-electron chi connectivity index (χ1n) is 10.7. The highest BCUT2D eigenvalue weighted by Gasteiger charge is 2.14. The van der Waals surface area contributed by atoms with Crippen LogP contribution in [0, 0.1) is 6.92 Å². The van der Waals surface area contributed by atoms with Crippen LogP contribution in [0.15, 0.2) is 48.7 Å². The molecule has 1 aliphatic heterocycles. The number of likely N-dealkylation sites (N-methyl/N-ethyl adjacent to an activating group) is 1. The zero-order valence-corrected chi connectivity index (χ0v) is 19.1. The van der Waals surface area contributed by atoms with Gasteiger partial charge >= 0.3 is 0 Å². The molecule has 0 atom stereocenters. The Kier molecular flexibility index (Phi) is 6.61. The molecule has 1 aromatic heterocycles. The summed E-state index contributed by atoms with van der Waals surface area (Å²) in [5.74, 6) is 2.59. The Morgan fingerprint density at radius 2 is 1.53 bits per heavy atom. The Morgan fingerprint density at radius 3 is 2.22 bits per heavy atom. The van der Waals surface area contributed by atoms with Gasteiger partial charge in [0.2, 0.25) is 5.95 Å². The predicted molar refractivity (Wildman–Crippen MR) is 129 cm³/mol. The maximum Gasteiger partial charge on any atom is 0.229 e. The summed E-state index contributed by atoms with van der Waals surface area (Å²) in [6.45, 7) is 6.25. The molecule has 8 heteroatoms. The van der Waals surface area contributed by atoms with Crippen LogP contribution in [0.2, 0.25) is 0 Å². The Labute approximate surface area is 189 Å². The maximum atomic E-state index is 5.39. The van der Waals surface area contributed by atoms with Crippen molar-refractivity contribution in [1.82, 2.24) is 14.9 Å². The number of hydrogen-bond acceptors (Lipinski definition) is 8. The third kappa shape index (κ3) is 5.03. The van der Waals surface area contributed by atoms with Crippen LogP contribution < -0.4 is 25.0 Å². The van der Waals surface area contributed by atoms with E-state index in [1.54, 1.807) is 20.4 Å². The number of aryl methyl sites for hydroxylation is 1. The molecule has 1 fully saturated rings. The summed E-state index contributed by atoms with van der Waals surface area (Å²) in [5.41, 5.74) is 3.98. The fraction of sp³-hybridized carbons (Fsp3) is 0.333. The summed E-state index contributed by atoms with van der Waals surface area (Å²) in [6.07, 6.45) is 1.80. The van der Waals surface area contributed by atoms with Gasteiger partial charge in [0.05, 0.1) is 14.2 Å². The van der Waals surface area contributed by atoms with Crippen LogP contribution in [0.5, 0.6) is 11.5 Å². The molecule has 0 aliphatic carbocycles. The van der Waals surface area contributed by atoms with E-state index in [0.29, 0.717) is 17.4 Å². The van der Waals surface area contributed by atoms with Crippen LogP contribution in [-0.2, 0) is 0 Å². The van der Waals surface area contributed by atoms with E-state index in [-0.39, 0.29) is 0 Å². The van der Waals surface area contributed by atoms with Crippen molar-refractivity contribution in [3.8, 4) is 11.5 Å². The maximum absolute atomic E-state index is 5.39. The Balaban J connectivity index is 1.46. The molecule has 2 N–H and O–H groups in total. The van der Waals surface area contributed by atoms with Gasteiger partial charge < -0.3 is 29.9 Å². The number of rotatable bonds is 7. The van der Waals surface area contributed by atoms with Gasteiger partial charge in [-0.05, 0) is 50.4 Å². The molecule has 0 unspecified atom stereocenters. The zero-order valence-electron chi connectivity index (χ0n) is 19.1. The molecular weight excluding hydrogens is 404 g/mol. The largest absolute Gasteiger partial charge is 0.493 e. The highest BCUT2D eigenvalue weighted by Crippen LogP contribution is 2.31. The fourth-order valence-corrected chi connectivity index (χ4v) is 3.63. The Morgan fingerprint density at radius 1 is 0.844 bits per heavy atom.